The van der Waals surface area contributed by atoms with E-state index < -0.39 is 0 Å². The molecule has 0 fully saturated rings. The highest BCUT2D eigenvalue weighted by Crippen LogP contribution is 2.32. The number of nitrogens with two attached hydrogens (primary N) is 1. The fourth-order valence-corrected chi connectivity index (χ4v) is 2.67. The van der Waals surface area contributed by atoms with Gasteiger partial charge in [-0.2, -0.15) is 0 Å². The molecular formula is C15H14BrClN4. The number of aromatic nitrogens is 2. The molecule has 0 aliphatic rings. The summed E-state index contributed by atoms with van der Waals surface area (Å²) < 4.78 is 2.72. The van der Waals surface area contributed by atoms with Gasteiger partial charge in [0.2, 0.25) is 0 Å². The molecule has 0 saturated carbocycles. The van der Waals surface area contributed by atoms with Crippen molar-refractivity contribution in [1.29, 1.82) is 0 Å². The molecule has 21 heavy (non-hydrogen) atoms. The molecule has 4 nitrogen and oxygen atoms in total. The lowest BCUT2D eigenvalue weighted by Gasteiger charge is -2.12. The van der Waals surface area contributed by atoms with Crippen LogP contribution < -0.4 is 10.6 Å². The van der Waals surface area contributed by atoms with E-state index in [-0.39, 0.29) is 0 Å². The Bertz CT molecular complexity index is 826. The molecule has 0 atom stereocenters. The second kappa shape index (κ2) is 5.24. The second-order valence-electron chi connectivity index (χ2n) is 4.98. The van der Waals surface area contributed by atoms with Crippen LogP contribution >= 0.6 is 27.5 Å². The summed E-state index contributed by atoms with van der Waals surface area (Å²) in [4.78, 5) is 6.63. The van der Waals surface area contributed by atoms with E-state index in [1.165, 1.54) is 0 Å². The average molecular weight is 366 g/mol. The first-order chi connectivity index (χ1) is 9.97. The highest BCUT2D eigenvalue weighted by molar-refractivity contribution is 9.10. The molecule has 1 aromatic carbocycles. The third-order valence-corrected chi connectivity index (χ3v) is 4.56. The van der Waals surface area contributed by atoms with Crippen molar-refractivity contribution in [1.82, 2.24) is 9.38 Å². The Morgan fingerprint density at radius 1 is 1.24 bits per heavy atom. The van der Waals surface area contributed by atoms with E-state index in [1.807, 2.05) is 59.9 Å². The maximum Gasteiger partial charge on any atom is 0.139 e. The maximum absolute atomic E-state index is 6.26. The Hall–Kier alpha value is -1.72. The number of anilines is 2. The van der Waals surface area contributed by atoms with Gasteiger partial charge in [0.05, 0.1) is 10.7 Å². The Labute approximate surface area is 136 Å². The smallest absolute Gasteiger partial charge is 0.139 e. The van der Waals surface area contributed by atoms with Gasteiger partial charge in [0.1, 0.15) is 17.2 Å². The molecule has 0 aliphatic heterocycles. The zero-order valence-electron chi connectivity index (χ0n) is 11.6. The average Bonchev–Trinajstić information content (AvgIpc) is 2.79. The van der Waals surface area contributed by atoms with Gasteiger partial charge in [0.15, 0.2) is 0 Å². The summed E-state index contributed by atoms with van der Waals surface area (Å²) in [6.45, 7) is 0. The van der Waals surface area contributed by atoms with Crippen molar-refractivity contribution in [3.05, 3.63) is 46.0 Å². The van der Waals surface area contributed by atoms with Gasteiger partial charge in [-0.15, -0.1) is 0 Å². The van der Waals surface area contributed by atoms with Gasteiger partial charge in [-0.3, -0.25) is 4.40 Å². The molecule has 0 radical (unpaired) electrons. The lowest BCUT2D eigenvalue weighted by Crippen LogP contribution is -2.09. The zero-order valence-corrected chi connectivity index (χ0v) is 14.0. The van der Waals surface area contributed by atoms with Crippen LogP contribution in [-0.2, 0) is 0 Å². The van der Waals surface area contributed by atoms with E-state index in [2.05, 4.69) is 20.9 Å². The monoisotopic (exact) mass is 364 g/mol. The lowest BCUT2D eigenvalue weighted by molar-refractivity contribution is 1.09. The minimum absolute atomic E-state index is 0.614. The summed E-state index contributed by atoms with van der Waals surface area (Å²) >= 11 is 9.46. The number of benzene rings is 1. The first-order valence-corrected chi connectivity index (χ1v) is 7.55. The van der Waals surface area contributed by atoms with E-state index in [9.17, 15) is 0 Å². The molecule has 0 amide bonds. The molecule has 0 aliphatic carbocycles. The number of rotatable bonds is 2. The molecule has 2 aromatic heterocycles. The number of hydrogen-bond acceptors (Lipinski definition) is 3. The molecular weight excluding hydrogens is 352 g/mol. The predicted molar refractivity (Wildman–Crippen MR) is 92.1 cm³/mol. The molecule has 108 valence electrons. The Balaban J connectivity index is 2.19. The van der Waals surface area contributed by atoms with Crippen LogP contribution in [-0.4, -0.2) is 23.5 Å². The van der Waals surface area contributed by atoms with Crippen LogP contribution in [0, 0.1) is 0 Å². The lowest BCUT2D eigenvalue weighted by atomic mass is 10.1. The summed E-state index contributed by atoms with van der Waals surface area (Å²) in [5, 5.41) is 0.663. The van der Waals surface area contributed by atoms with Gasteiger partial charge in [-0.25, -0.2) is 4.98 Å². The molecule has 3 rings (SSSR count). The van der Waals surface area contributed by atoms with Crippen LogP contribution in [0.5, 0.6) is 0 Å². The van der Waals surface area contributed by atoms with Crippen LogP contribution in [0.15, 0.2) is 41.0 Å². The number of nitrogens with zero attached hydrogens (tertiary/aromatic N) is 3. The highest BCUT2D eigenvalue weighted by Gasteiger charge is 2.13. The minimum atomic E-state index is 0.614. The van der Waals surface area contributed by atoms with Crippen molar-refractivity contribution < 1.29 is 0 Å². The largest absolute Gasteiger partial charge is 0.383 e. The predicted octanol–water partition coefficient (Wildman–Crippen LogP) is 4.07. The van der Waals surface area contributed by atoms with Crippen LogP contribution in [0.25, 0.3) is 16.9 Å². The van der Waals surface area contributed by atoms with E-state index in [1.54, 1.807) is 0 Å². The number of imidazole rings is 1. The Morgan fingerprint density at radius 3 is 2.67 bits per heavy atom. The number of hydrogen-bond donors (Lipinski definition) is 1. The molecule has 3 aromatic rings. The topological polar surface area (TPSA) is 46.6 Å². The van der Waals surface area contributed by atoms with E-state index in [4.69, 9.17) is 17.3 Å². The molecule has 0 spiro atoms. The summed E-state index contributed by atoms with van der Waals surface area (Å²) in [6, 6.07) is 9.64. The van der Waals surface area contributed by atoms with Crippen molar-refractivity contribution in [2.75, 3.05) is 24.7 Å². The first kappa shape index (κ1) is 14.2. The molecule has 2 heterocycles. The molecule has 0 saturated heterocycles. The fraction of sp³-hybridized carbons (Fsp3) is 0.133. The van der Waals surface area contributed by atoms with Gasteiger partial charge < -0.3 is 10.6 Å². The van der Waals surface area contributed by atoms with E-state index in [0.717, 1.165) is 27.1 Å². The number of fused-ring (bicyclic) bond motifs is 1. The van der Waals surface area contributed by atoms with Crippen LogP contribution in [0.4, 0.5) is 11.5 Å². The van der Waals surface area contributed by atoms with Crippen molar-refractivity contribution in [2.24, 2.45) is 0 Å². The van der Waals surface area contributed by atoms with Gasteiger partial charge in [0, 0.05) is 30.3 Å². The summed E-state index contributed by atoms with van der Waals surface area (Å²) in [6.07, 6.45) is 1.98. The summed E-state index contributed by atoms with van der Waals surface area (Å²) in [5.41, 5.74) is 9.83. The van der Waals surface area contributed by atoms with Crippen LogP contribution in [0.3, 0.4) is 0 Å². The molecule has 0 bridgehead atoms. The number of pyridine rings is 1. The minimum Gasteiger partial charge on any atom is -0.383 e. The highest BCUT2D eigenvalue weighted by atomic mass is 79.9. The molecule has 6 heteroatoms. The second-order valence-corrected chi connectivity index (χ2v) is 6.25. The Morgan fingerprint density at radius 2 is 2.00 bits per heavy atom. The SMILES string of the molecule is CN(C)c1ccc2nc(-c3ccc(Cl)c(Br)c3)c(N)n2c1. The van der Waals surface area contributed by atoms with Gasteiger partial charge in [-0.05, 0) is 40.2 Å². The zero-order chi connectivity index (χ0) is 15.1. The molecule has 2 N–H and O–H groups in total. The standard InChI is InChI=1S/C15H14BrClN4/c1-20(2)10-4-6-13-19-14(15(18)21(13)8-10)9-3-5-12(17)11(16)7-9/h3-8H,18H2,1-2H3. The van der Waals surface area contributed by atoms with Gasteiger partial charge in [0.25, 0.3) is 0 Å². The van der Waals surface area contributed by atoms with Gasteiger partial charge >= 0.3 is 0 Å². The number of nitrogen functional groups attached to an aromatic ring is 1. The van der Waals surface area contributed by atoms with Crippen LogP contribution in [0.2, 0.25) is 5.02 Å². The third kappa shape index (κ3) is 2.47. The third-order valence-electron chi connectivity index (χ3n) is 3.35. The maximum atomic E-state index is 6.26. The normalized spacial score (nSPS) is 11.0. The van der Waals surface area contributed by atoms with Gasteiger partial charge in [-0.1, -0.05) is 17.7 Å². The van der Waals surface area contributed by atoms with Crippen molar-refractivity contribution >= 4 is 44.7 Å². The fourth-order valence-electron chi connectivity index (χ4n) is 2.17. The molecule has 0 unspecified atom stereocenters. The van der Waals surface area contributed by atoms with Crippen LogP contribution in [0.1, 0.15) is 0 Å². The summed E-state index contributed by atoms with van der Waals surface area (Å²) in [7, 11) is 3.98. The van der Waals surface area contributed by atoms with E-state index >= 15 is 0 Å². The number of halogens is 2. The summed E-state index contributed by atoms with van der Waals surface area (Å²) in [5.74, 6) is 0.614. The van der Waals surface area contributed by atoms with Crippen molar-refractivity contribution in [3.8, 4) is 11.3 Å². The van der Waals surface area contributed by atoms with Crippen molar-refractivity contribution in [2.45, 2.75) is 0 Å². The first-order valence-electron chi connectivity index (χ1n) is 6.37. The van der Waals surface area contributed by atoms with Crippen molar-refractivity contribution in [3.63, 3.8) is 0 Å². The van der Waals surface area contributed by atoms with E-state index in [0.29, 0.717) is 10.8 Å². The quantitative estimate of drug-likeness (QED) is 0.745. The Kier molecular flexibility index (Phi) is 3.55.